The molecule has 2 N–H and O–H groups in total. The number of hydrogen-bond acceptors (Lipinski definition) is 4. The summed E-state index contributed by atoms with van der Waals surface area (Å²) in [6, 6.07) is 6.96. The Bertz CT molecular complexity index is 673. The SMILES string of the molecule is CN=C(NCCOCCC(C)C)NCc1ccccc1S(=O)(=O)N(C)C. The molecule has 0 bridgehead atoms. The van der Waals surface area contributed by atoms with Gasteiger partial charge in [-0.2, -0.15) is 0 Å². The topological polar surface area (TPSA) is 83.0 Å². The van der Waals surface area contributed by atoms with Crippen molar-refractivity contribution in [3.8, 4) is 0 Å². The number of aliphatic imine (C=N–C) groups is 1. The van der Waals surface area contributed by atoms with E-state index in [9.17, 15) is 8.42 Å². The molecule has 148 valence electrons. The zero-order valence-corrected chi connectivity index (χ0v) is 17.3. The lowest BCUT2D eigenvalue weighted by molar-refractivity contribution is 0.128. The maximum Gasteiger partial charge on any atom is 0.242 e. The lowest BCUT2D eigenvalue weighted by Crippen LogP contribution is -2.39. The summed E-state index contributed by atoms with van der Waals surface area (Å²) in [5, 5.41) is 6.31. The zero-order valence-electron chi connectivity index (χ0n) is 16.4. The van der Waals surface area contributed by atoms with Crippen molar-refractivity contribution in [2.75, 3.05) is 40.9 Å². The molecule has 0 saturated carbocycles. The van der Waals surface area contributed by atoms with Crippen LogP contribution < -0.4 is 10.6 Å². The number of nitrogens with one attached hydrogen (secondary N) is 2. The van der Waals surface area contributed by atoms with Gasteiger partial charge in [-0.05, 0) is 24.0 Å². The van der Waals surface area contributed by atoms with Crippen LogP contribution in [-0.2, 0) is 21.3 Å². The molecule has 1 aromatic rings. The number of nitrogens with zero attached hydrogens (tertiary/aromatic N) is 2. The Labute approximate surface area is 157 Å². The van der Waals surface area contributed by atoms with Crippen molar-refractivity contribution in [1.82, 2.24) is 14.9 Å². The van der Waals surface area contributed by atoms with Gasteiger partial charge in [-0.1, -0.05) is 32.0 Å². The maximum atomic E-state index is 12.4. The van der Waals surface area contributed by atoms with Crippen LogP contribution in [0.3, 0.4) is 0 Å². The van der Waals surface area contributed by atoms with E-state index in [0.717, 1.165) is 13.0 Å². The first-order chi connectivity index (χ1) is 12.3. The third-order valence-electron chi connectivity index (χ3n) is 3.78. The Kier molecular flexibility index (Phi) is 9.61. The summed E-state index contributed by atoms with van der Waals surface area (Å²) in [5.74, 6) is 1.24. The predicted octanol–water partition coefficient (Wildman–Crippen LogP) is 1.66. The molecule has 1 rings (SSSR count). The van der Waals surface area contributed by atoms with E-state index in [1.54, 1.807) is 25.2 Å². The quantitative estimate of drug-likeness (QED) is 0.364. The highest BCUT2D eigenvalue weighted by atomic mass is 32.2. The third-order valence-corrected chi connectivity index (χ3v) is 5.70. The first kappa shape index (κ1) is 22.4. The van der Waals surface area contributed by atoms with E-state index in [1.165, 1.54) is 18.4 Å². The fraction of sp³-hybridized carbons (Fsp3) is 0.611. The van der Waals surface area contributed by atoms with Gasteiger partial charge in [0.05, 0.1) is 11.5 Å². The van der Waals surface area contributed by atoms with Crippen LogP contribution in [0, 0.1) is 5.92 Å². The highest BCUT2D eigenvalue weighted by Crippen LogP contribution is 2.18. The largest absolute Gasteiger partial charge is 0.380 e. The van der Waals surface area contributed by atoms with Gasteiger partial charge in [0.25, 0.3) is 0 Å². The van der Waals surface area contributed by atoms with E-state index < -0.39 is 10.0 Å². The predicted molar refractivity (Wildman–Crippen MR) is 106 cm³/mol. The van der Waals surface area contributed by atoms with Crippen LogP contribution in [0.2, 0.25) is 0 Å². The molecule has 0 saturated heterocycles. The van der Waals surface area contributed by atoms with Gasteiger partial charge in [-0.3, -0.25) is 4.99 Å². The van der Waals surface area contributed by atoms with E-state index in [0.29, 0.717) is 42.0 Å². The monoisotopic (exact) mass is 384 g/mol. The van der Waals surface area contributed by atoms with Crippen LogP contribution in [0.1, 0.15) is 25.8 Å². The van der Waals surface area contributed by atoms with Gasteiger partial charge < -0.3 is 15.4 Å². The zero-order chi connectivity index (χ0) is 19.6. The Morgan fingerprint density at radius 3 is 2.50 bits per heavy atom. The van der Waals surface area contributed by atoms with Gasteiger partial charge in [-0.15, -0.1) is 0 Å². The number of hydrogen-bond donors (Lipinski definition) is 2. The van der Waals surface area contributed by atoms with E-state index in [1.807, 2.05) is 6.07 Å². The van der Waals surface area contributed by atoms with E-state index >= 15 is 0 Å². The molecule has 7 nitrogen and oxygen atoms in total. The second kappa shape index (κ2) is 11.2. The second-order valence-corrected chi connectivity index (χ2v) is 8.66. The smallest absolute Gasteiger partial charge is 0.242 e. The fourth-order valence-electron chi connectivity index (χ4n) is 2.16. The molecular formula is C18H32N4O3S. The maximum absolute atomic E-state index is 12.4. The molecular weight excluding hydrogens is 352 g/mol. The third kappa shape index (κ3) is 7.31. The molecule has 0 aromatic heterocycles. The van der Waals surface area contributed by atoms with Gasteiger partial charge >= 0.3 is 0 Å². The summed E-state index contributed by atoms with van der Waals surface area (Å²) in [4.78, 5) is 4.45. The van der Waals surface area contributed by atoms with Crippen molar-refractivity contribution in [1.29, 1.82) is 0 Å². The fourth-order valence-corrected chi connectivity index (χ4v) is 3.28. The molecule has 0 fully saturated rings. The number of ether oxygens (including phenoxy) is 1. The molecule has 0 aliphatic rings. The summed E-state index contributed by atoms with van der Waals surface area (Å²) in [6.45, 7) is 6.68. The minimum absolute atomic E-state index is 0.296. The first-order valence-electron chi connectivity index (χ1n) is 8.81. The molecule has 0 amide bonds. The lowest BCUT2D eigenvalue weighted by atomic mass is 10.1. The highest BCUT2D eigenvalue weighted by molar-refractivity contribution is 7.89. The average molecular weight is 385 g/mol. The highest BCUT2D eigenvalue weighted by Gasteiger charge is 2.20. The Morgan fingerprint density at radius 1 is 1.19 bits per heavy atom. The minimum Gasteiger partial charge on any atom is -0.380 e. The van der Waals surface area contributed by atoms with E-state index in [2.05, 4.69) is 29.5 Å². The van der Waals surface area contributed by atoms with Crippen LogP contribution >= 0.6 is 0 Å². The summed E-state index contributed by atoms with van der Waals surface area (Å²) in [6.07, 6.45) is 1.05. The van der Waals surface area contributed by atoms with Crippen LogP contribution in [0.4, 0.5) is 0 Å². The molecule has 0 unspecified atom stereocenters. The number of benzene rings is 1. The van der Waals surface area contributed by atoms with Crippen LogP contribution in [0.5, 0.6) is 0 Å². The minimum atomic E-state index is -3.48. The summed E-state index contributed by atoms with van der Waals surface area (Å²) in [5.41, 5.74) is 0.692. The van der Waals surface area contributed by atoms with E-state index in [4.69, 9.17) is 4.74 Å². The first-order valence-corrected chi connectivity index (χ1v) is 10.3. The van der Waals surface area contributed by atoms with Gasteiger partial charge in [0, 0.05) is 40.8 Å². The van der Waals surface area contributed by atoms with Crippen LogP contribution in [0.15, 0.2) is 34.2 Å². The summed E-state index contributed by atoms with van der Waals surface area (Å²) >= 11 is 0. The van der Waals surface area contributed by atoms with Crippen molar-refractivity contribution >= 4 is 16.0 Å². The number of rotatable bonds is 10. The van der Waals surface area contributed by atoms with Gasteiger partial charge in [0.1, 0.15) is 0 Å². The molecule has 8 heteroatoms. The molecule has 0 heterocycles. The summed E-state index contributed by atoms with van der Waals surface area (Å²) < 4.78 is 31.6. The standard InChI is InChI=1S/C18H32N4O3S/c1-15(2)10-12-25-13-11-20-18(19-3)21-14-16-8-6-7-9-17(16)26(23,24)22(4)5/h6-9,15H,10-14H2,1-5H3,(H2,19,20,21). The lowest BCUT2D eigenvalue weighted by Gasteiger charge is -2.17. The van der Waals surface area contributed by atoms with Gasteiger partial charge in [0.2, 0.25) is 10.0 Å². The Hall–Kier alpha value is -1.64. The molecule has 0 atom stereocenters. The molecule has 0 aliphatic carbocycles. The Balaban J connectivity index is 2.55. The summed E-state index contributed by atoms with van der Waals surface area (Å²) in [7, 11) is 1.25. The number of sulfonamides is 1. The van der Waals surface area contributed by atoms with Crippen molar-refractivity contribution in [2.45, 2.75) is 31.7 Å². The van der Waals surface area contributed by atoms with Gasteiger partial charge in [0.15, 0.2) is 5.96 Å². The molecule has 1 aromatic carbocycles. The van der Waals surface area contributed by atoms with Crippen molar-refractivity contribution in [3.63, 3.8) is 0 Å². The molecule has 0 spiro atoms. The van der Waals surface area contributed by atoms with Crippen LogP contribution in [-0.4, -0.2) is 59.6 Å². The van der Waals surface area contributed by atoms with Crippen molar-refractivity contribution in [3.05, 3.63) is 29.8 Å². The van der Waals surface area contributed by atoms with Crippen molar-refractivity contribution in [2.24, 2.45) is 10.9 Å². The molecule has 26 heavy (non-hydrogen) atoms. The van der Waals surface area contributed by atoms with Crippen LogP contribution in [0.25, 0.3) is 0 Å². The molecule has 0 radical (unpaired) electrons. The average Bonchev–Trinajstić information content (AvgIpc) is 2.60. The number of guanidine groups is 1. The van der Waals surface area contributed by atoms with E-state index in [-0.39, 0.29) is 0 Å². The molecule has 0 aliphatic heterocycles. The second-order valence-electron chi connectivity index (χ2n) is 6.54. The van der Waals surface area contributed by atoms with Gasteiger partial charge in [-0.25, -0.2) is 12.7 Å². The Morgan fingerprint density at radius 2 is 1.88 bits per heavy atom. The van der Waals surface area contributed by atoms with Crippen molar-refractivity contribution < 1.29 is 13.2 Å². The normalized spacial score (nSPS) is 12.7.